The maximum absolute atomic E-state index is 12.7. The summed E-state index contributed by atoms with van der Waals surface area (Å²) in [5.41, 5.74) is 2.08. The SMILES string of the molecule is O=C(Cc1ccc(C(F)(F)F)cc1)Nc1ccccc1-c1nc2ccccc2s1. The minimum atomic E-state index is -4.39. The molecule has 7 heteroatoms. The summed E-state index contributed by atoms with van der Waals surface area (Å²) in [5, 5.41) is 3.64. The van der Waals surface area contributed by atoms with E-state index in [1.165, 1.54) is 23.5 Å². The number of fused-ring (bicyclic) bond motifs is 1. The third-order valence-corrected chi connectivity index (χ3v) is 5.44. The molecule has 4 rings (SSSR count). The molecule has 0 aliphatic heterocycles. The third kappa shape index (κ3) is 4.30. The minimum absolute atomic E-state index is 0.0215. The van der Waals surface area contributed by atoms with Crippen molar-refractivity contribution in [3.8, 4) is 10.6 Å². The van der Waals surface area contributed by atoms with E-state index >= 15 is 0 Å². The molecule has 1 amide bonds. The Morgan fingerprint density at radius 3 is 2.34 bits per heavy atom. The zero-order valence-electron chi connectivity index (χ0n) is 15.0. The third-order valence-electron chi connectivity index (χ3n) is 4.37. The van der Waals surface area contributed by atoms with E-state index in [0.29, 0.717) is 11.3 Å². The molecule has 0 aliphatic rings. The fourth-order valence-electron chi connectivity index (χ4n) is 2.96. The van der Waals surface area contributed by atoms with Crippen molar-refractivity contribution in [3.63, 3.8) is 0 Å². The number of aromatic nitrogens is 1. The van der Waals surface area contributed by atoms with Gasteiger partial charge in [0.25, 0.3) is 0 Å². The van der Waals surface area contributed by atoms with Gasteiger partial charge in [-0.1, -0.05) is 36.4 Å². The summed E-state index contributed by atoms with van der Waals surface area (Å²) in [6, 6.07) is 19.7. The Labute approximate surface area is 168 Å². The van der Waals surface area contributed by atoms with Gasteiger partial charge in [0, 0.05) is 5.56 Å². The van der Waals surface area contributed by atoms with Gasteiger partial charge in [-0.05, 0) is 42.0 Å². The monoisotopic (exact) mass is 412 g/mol. The number of nitrogens with one attached hydrogen (secondary N) is 1. The van der Waals surface area contributed by atoms with Gasteiger partial charge in [0.15, 0.2) is 0 Å². The summed E-state index contributed by atoms with van der Waals surface area (Å²) >= 11 is 1.53. The lowest BCUT2D eigenvalue weighted by Crippen LogP contribution is -2.15. The highest BCUT2D eigenvalue weighted by Crippen LogP contribution is 2.34. The van der Waals surface area contributed by atoms with Gasteiger partial charge in [-0.2, -0.15) is 13.2 Å². The van der Waals surface area contributed by atoms with E-state index in [0.717, 1.165) is 32.9 Å². The number of nitrogens with zero attached hydrogens (tertiary/aromatic N) is 1. The van der Waals surface area contributed by atoms with Crippen molar-refractivity contribution in [1.29, 1.82) is 0 Å². The molecular formula is C22H15F3N2OS. The van der Waals surface area contributed by atoms with Crippen LogP contribution < -0.4 is 5.32 Å². The molecule has 1 heterocycles. The number of anilines is 1. The molecule has 0 aliphatic carbocycles. The Hall–Kier alpha value is -3.19. The highest BCUT2D eigenvalue weighted by molar-refractivity contribution is 7.21. The Morgan fingerprint density at radius 2 is 1.62 bits per heavy atom. The molecule has 1 N–H and O–H groups in total. The first-order chi connectivity index (χ1) is 13.9. The molecule has 0 radical (unpaired) electrons. The number of carbonyl (C=O) groups excluding carboxylic acids is 1. The standard InChI is InChI=1S/C22H15F3N2OS/c23-22(24,25)15-11-9-14(10-12-15)13-20(28)26-17-6-2-1-5-16(17)21-27-18-7-3-4-8-19(18)29-21/h1-12H,13H2,(H,26,28). The second kappa shape index (κ2) is 7.67. The van der Waals surface area contributed by atoms with Gasteiger partial charge in [-0.15, -0.1) is 11.3 Å². The molecule has 29 heavy (non-hydrogen) atoms. The number of hydrogen-bond acceptors (Lipinski definition) is 3. The average Bonchev–Trinajstić information content (AvgIpc) is 3.12. The van der Waals surface area contributed by atoms with Gasteiger partial charge >= 0.3 is 6.18 Å². The summed E-state index contributed by atoms with van der Waals surface area (Å²) in [5.74, 6) is -0.307. The molecule has 4 aromatic rings. The Morgan fingerprint density at radius 1 is 0.931 bits per heavy atom. The van der Waals surface area contributed by atoms with Crippen molar-refractivity contribution in [1.82, 2.24) is 4.98 Å². The number of hydrogen-bond donors (Lipinski definition) is 1. The largest absolute Gasteiger partial charge is 0.416 e. The summed E-state index contributed by atoms with van der Waals surface area (Å²) in [6.45, 7) is 0. The molecule has 0 atom stereocenters. The minimum Gasteiger partial charge on any atom is -0.325 e. The lowest BCUT2D eigenvalue weighted by molar-refractivity contribution is -0.137. The van der Waals surface area contributed by atoms with Gasteiger partial charge in [0.2, 0.25) is 5.91 Å². The van der Waals surface area contributed by atoms with Crippen LogP contribution in [0.3, 0.4) is 0 Å². The molecule has 0 bridgehead atoms. The molecule has 0 spiro atoms. The highest BCUT2D eigenvalue weighted by Gasteiger charge is 2.30. The van der Waals surface area contributed by atoms with E-state index < -0.39 is 11.7 Å². The lowest BCUT2D eigenvalue weighted by Gasteiger charge is -2.10. The summed E-state index contributed by atoms with van der Waals surface area (Å²) in [7, 11) is 0. The normalized spacial score (nSPS) is 11.6. The Kier molecular flexibility index (Phi) is 5.07. The van der Waals surface area contributed by atoms with Crippen LogP contribution in [0.4, 0.5) is 18.9 Å². The van der Waals surface area contributed by atoms with Crippen LogP contribution in [-0.2, 0) is 17.4 Å². The molecule has 146 valence electrons. The van der Waals surface area contributed by atoms with Crippen LogP contribution in [-0.4, -0.2) is 10.9 Å². The second-order valence-electron chi connectivity index (χ2n) is 6.45. The molecule has 0 fully saturated rings. The Balaban J connectivity index is 1.53. The van der Waals surface area contributed by atoms with Crippen LogP contribution in [0.2, 0.25) is 0 Å². The maximum Gasteiger partial charge on any atom is 0.416 e. The smallest absolute Gasteiger partial charge is 0.325 e. The quantitative estimate of drug-likeness (QED) is 0.436. The summed E-state index contributed by atoms with van der Waals surface area (Å²) in [4.78, 5) is 17.1. The first-order valence-corrected chi connectivity index (χ1v) is 9.63. The zero-order valence-corrected chi connectivity index (χ0v) is 15.8. The van der Waals surface area contributed by atoms with Crippen molar-refractivity contribution in [2.45, 2.75) is 12.6 Å². The number of para-hydroxylation sites is 2. The van der Waals surface area contributed by atoms with Crippen LogP contribution in [0.5, 0.6) is 0 Å². The van der Waals surface area contributed by atoms with Crippen molar-refractivity contribution >= 4 is 33.1 Å². The second-order valence-corrected chi connectivity index (χ2v) is 7.48. The predicted octanol–water partition coefficient (Wildman–Crippen LogP) is 6.16. The van der Waals surface area contributed by atoms with Gasteiger partial charge in [0.1, 0.15) is 5.01 Å². The number of halogens is 3. The maximum atomic E-state index is 12.7. The highest BCUT2D eigenvalue weighted by atomic mass is 32.1. The van der Waals surface area contributed by atoms with Gasteiger partial charge in [-0.3, -0.25) is 4.79 Å². The van der Waals surface area contributed by atoms with Crippen LogP contribution in [0.25, 0.3) is 20.8 Å². The van der Waals surface area contributed by atoms with Crippen LogP contribution >= 0.6 is 11.3 Å². The molecular weight excluding hydrogens is 397 g/mol. The fraction of sp³-hybridized carbons (Fsp3) is 0.0909. The van der Waals surface area contributed by atoms with E-state index in [1.807, 2.05) is 42.5 Å². The van der Waals surface area contributed by atoms with E-state index in [-0.39, 0.29) is 12.3 Å². The topological polar surface area (TPSA) is 42.0 Å². The molecule has 0 saturated carbocycles. The van der Waals surface area contributed by atoms with E-state index in [1.54, 1.807) is 6.07 Å². The molecule has 0 saturated heterocycles. The average molecular weight is 412 g/mol. The van der Waals surface area contributed by atoms with Crippen molar-refractivity contribution < 1.29 is 18.0 Å². The number of carbonyl (C=O) groups is 1. The van der Waals surface area contributed by atoms with Crippen molar-refractivity contribution in [3.05, 3.63) is 83.9 Å². The Bertz CT molecular complexity index is 1130. The molecule has 0 unspecified atom stereocenters. The lowest BCUT2D eigenvalue weighted by atomic mass is 10.1. The molecule has 3 aromatic carbocycles. The van der Waals surface area contributed by atoms with Gasteiger partial charge in [-0.25, -0.2) is 4.98 Å². The summed E-state index contributed by atoms with van der Waals surface area (Å²) < 4.78 is 39.1. The zero-order chi connectivity index (χ0) is 20.4. The fourth-order valence-corrected chi connectivity index (χ4v) is 3.96. The van der Waals surface area contributed by atoms with E-state index in [4.69, 9.17) is 0 Å². The van der Waals surface area contributed by atoms with Gasteiger partial charge < -0.3 is 5.32 Å². The number of amides is 1. The molecule has 3 nitrogen and oxygen atoms in total. The van der Waals surface area contributed by atoms with E-state index in [2.05, 4.69) is 10.3 Å². The number of rotatable bonds is 4. The first kappa shape index (κ1) is 19.1. The summed E-state index contributed by atoms with van der Waals surface area (Å²) in [6.07, 6.45) is -4.41. The number of benzene rings is 3. The first-order valence-electron chi connectivity index (χ1n) is 8.81. The van der Waals surface area contributed by atoms with E-state index in [9.17, 15) is 18.0 Å². The predicted molar refractivity (Wildman–Crippen MR) is 109 cm³/mol. The van der Waals surface area contributed by atoms with Crippen LogP contribution in [0.1, 0.15) is 11.1 Å². The molecule has 1 aromatic heterocycles. The van der Waals surface area contributed by atoms with Gasteiger partial charge in [0.05, 0.1) is 27.9 Å². The van der Waals surface area contributed by atoms with Crippen molar-refractivity contribution in [2.75, 3.05) is 5.32 Å². The van der Waals surface area contributed by atoms with Crippen LogP contribution in [0.15, 0.2) is 72.8 Å². The number of alkyl halides is 3. The van der Waals surface area contributed by atoms with Crippen molar-refractivity contribution in [2.24, 2.45) is 0 Å². The van der Waals surface area contributed by atoms with Crippen LogP contribution in [0, 0.1) is 0 Å². The number of thiazole rings is 1.